The zero-order chi connectivity index (χ0) is 21.3. The lowest BCUT2D eigenvalue weighted by Crippen LogP contribution is -2.61. The third-order valence-electron chi connectivity index (χ3n) is 6.60. The van der Waals surface area contributed by atoms with E-state index in [2.05, 4.69) is 24.1 Å². The van der Waals surface area contributed by atoms with Gasteiger partial charge >= 0.3 is 0 Å². The number of nitrogens with one attached hydrogen (secondary N) is 1. The standard InChI is InChI=1S/C24H28ClN3O2/c1-4-24(5-2,16(3)29)22-15-28(13-12-26-22)23-18-14-17(25)10-11-20(18)30-21-9-7-6-8-19(21)27-23/h6-11,14,22,26H,4-5,12-13,15H2,1-3H3. The molecule has 2 aromatic carbocycles. The van der Waals surface area contributed by atoms with Gasteiger partial charge in [-0.15, -0.1) is 0 Å². The molecule has 0 saturated carbocycles. The van der Waals surface area contributed by atoms with Gasteiger partial charge in [0, 0.05) is 36.1 Å². The van der Waals surface area contributed by atoms with Crippen molar-refractivity contribution in [2.75, 3.05) is 19.6 Å². The van der Waals surface area contributed by atoms with Crippen LogP contribution >= 0.6 is 11.6 Å². The number of ketones is 1. The smallest absolute Gasteiger partial charge is 0.153 e. The van der Waals surface area contributed by atoms with Crippen LogP contribution in [0.3, 0.4) is 0 Å². The van der Waals surface area contributed by atoms with Gasteiger partial charge in [-0.3, -0.25) is 4.79 Å². The number of carbonyl (C=O) groups excluding carboxylic acids is 1. The SMILES string of the molecule is CCC(CC)(C(C)=O)C1CN(C2=Nc3ccccc3Oc3ccc(Cl)cc32)CCN1. The number of aliphatic imine (C=N–C) groups is 1. The van der Waals surface area contributed by atoms with Gasteiger partial charge in [0.05, 0.1) is 5.56 Å². The van der Waals surface area contributed by atoms with E-state index in [4.69, 9.17) is 21.3 Å². The van der Waals surface area contributed by atoms with Crippen molar-refractivity contribution in [1.82, 2.24) is 10.2 Å². The number of carbonyl (C=O) groups is 1. The number of hydrogen-bond donors (Lipinski definition) is 1. The number of halogens is 1. The van der Waals surface area contributed by atoms with Gasteiger partial charge < -0.3 is 15.0 Å². The first kappa shape index (κ1) is 20.9. The number of rotatable bonds is 4. The van der Waals surface area contributed by atoms with Crippen LogP contribution in [0.25, 0.3) is 0 Å². The summed E-state index contributed by atoms with van der Waals surface area (Å²) < 4.78 is 6.18. The van der Waals surface area contributed by atoms with Gasteiger partial charge in [0.25, 0.3) is 0 Å². The molecule has 2 aliphatic heterocycles. The molecule has 2 heterocycles. The van der Waals surface area contributed by atoms with Crippen LogP contribution in [-0.4, -0.2) is 42.2 Å². The summed E-state index contributed by atoms with van der Waals surface area (Å²) >= 11 is 6.35. The Balaban J connectivity index is 1.77. The monoisotopic (exact) mass is 425 g/mol. The van der Waals surface area contributed by atoms with E-state index >= 15 is 0 Å². The number of hydrogen-bond acceptors (Lipinski definition) is 5. The molecular weight excluding hydrogens is 398 g/mol. The minimum Gasteiger partial charge on any atom is -0.454 e. The zero-order valence-corrected chi connectivity index (χ0v) is 18.5. The quantitative estimate of drug-likeness (QED) is 0.732. The van der Waals surface area contributed by atoms with E-state index in [0.29, 0.717) is 11.6 Å². The molecule has 0 bridgehead atoms. The van der Waals surface area contributed by atoms with Crippen LogP contribution < -0.4 is 10.1 Å². The van der Waals surface area contributed by atoms with Crippen molar-refractivity contribution in [2.45, 2.75) is 39.7 Å². The van der Waals surface area contributed by atoms with Crippen molar-refractivity contribution in [1.29, 1.82) is 0 Å². The van der Waals surface area contributed by atoms with Crippen molar-refractivity contribution in [2.24, 2.45) is 10.4 Å². The summed E-state index contributed by atoms with van der Waals surface area (Å²) in [5, 5.41) is 4.25. The maximum absolute atomic E-state index is 12.6. The van der Waals surface area contributed by atoms with Gasteiger partial charge in [-0.2, -0.15) is 0 Å². The second-order valence-electron chi connectivity index (χ2n) is 8.02. The highest BCUT2D eigenvalue weighted by atomic mass is 35.5. The largest absolute Gasteiger partial charge is 0.454 e. The van der Waals surface area contributed by atoms with Crippen molar-refractivity contribution in [3.8, 4) is 11.5 Å². The van der Waals surface area contributed by atoms with Crippen molar-refractivity contribution < 1.29 is 9.53 Å². The van der Waals surface area contributed by atoms with Crippen LogP contribution in [0.4, 0.5) is 5.69 Å². The first-order valence-corrected chi connectivity index (χ1v) is 11.0. The second kappa shape index (κ2) is 8.40. The van der Waals surface area contributed by atoms with E-state index in [0.717, 1.165) is 54.5 Å². The topological polar surface area (TPSA) is 53.9 Å². The summed E-state index contributed by atoms with van der Waals surface area (Å²) in [6.45, 7) is 8.22. The third kappa shape index (κ3) is 3.61. The van der Waals surface area contributed by atoms with Crippen LogP contribution in [0.2, 0.25) is 5.02 Å². The molecule has 4 rings (SSSR count). The molecule has 1 unspecified atom stereocenters. The average Bonchev–Trinajstić information content (AvgIpc) is 2.91. The zero-order valence-electron chi connectivity index (χ0n) is 17.7. The molecule has 1 atom stereocenters. The predicted molar refractivity (Wildman–Crippen MR) is 121 cm³/mol. The molecule has 5 nitrogen and oxygen atoms in total. The molecule has 0 aliphatic carbocycles. The van der Waals surface area contributed by atoms with Gasteiger partial charge in [0.1, 0.15) is 23.1 Å². The van der Waals surface area contributed by atoms with Crippen molar-refractivity contribution in [3.63, 3.8) is 0 Å². The average molecular weight is 426 g/mol. The Kier molecular flexibility index (Phi) is 5.85. The van der Waals surface area contributed by atoms with Gasteiger partial charge in [-0.25, -0.2) is 4.99 Å². The molecule has 2 aromatic rings. The van der Waals surface area contributed by atoms with Gasteiger partial charge in [-0.05, 0) is 50.1 Å². The maximum Gasteiger partial charge on any atom is 0.153 e. The molecule has 0 aromatic heterocycles. The molecule has 30 heavy (non-hydrogen) atoms. The minimum absolute atomic E-state index is 0.0588. The van der Waals surface area contributed by atoms with E-state index in [1.807, 2.05) is 42.5 Å². The fraction of sp³-hybridized carbons (Fsp3) is 0.417. The number of Topliss-reactive ketones (excluding diaryl/α,β-unsaturated/α-hetero) is 1. The third-order valence-corrected chi connectivity index (χ3v) is 6.83. The number of ether oxygens (including phenoxy) is 1. The van der Waals surface area contributed by atoms with Crippen molar-refractivity contribution >= 4 is 28.9 Å². The predicted octanol–water partition coefficient (Wildman–Crippen LogP) is 5.19. The molecule has 2 aliphatic rings. The number of nitrogens with zero attached hydrogens (tertiary/aromatic N) is 2. The Labute approximate surface area is 183 Å². The summed E-state index contributed by atoms with van der Waals surface area (Å²) in [5.74, 6) is 2.55. The number of fused-ring (bicyclic) bond motifs is 2. The summed E-state index contributed by atoms with van der Waals surface area (Å²) in [6.07, 6.45) is 1.62. The molecule has 158 valence electrons. The van der Waals surface area contributed by atoms with Crippen LogP contribution in [0.5, 0.6) is 11.5 Å². The lowest BCUT2D eigenvalue weighted by molar-refractivity contribution is -0.129. The Morgan fingerprint density at radius 1 is 1.23 bits per heavy atom. The molecule has 0 spiro atoms. The normalized spacial score (nSPS) is 18.6. The highest BCUT2D eigenvalue weighted by Crippen LogP contribution is 2.40. The van der Waals surface area contributed by atoms with E-state index in [1.54, 1.807) is 6.92 Å². The van der Waals surface area contributed by atoms with Gasteiger partial charge in [0.2, 0.25) is 0 Å². The molecule has 6 heteroatoms. The van der Waals surface area contributed by atoms with Crippen LogP contribution in [0.15, 0.2) is 47.5 Å². The molecule has 1 N–H and O–H groups in total. The minimum atomic E-state index is -0.379. The first-order valence-electron chi connectivity index (χ1n) is 10.6. The lowest BCUT2D eigenvalue weighted by Gasteiger charge is -2.45. The highest BCUT2D eigenvalue weighted by Gasteiger charge is 2.42. The van der Waals surface area contributed by atoms with Gasteiger partial charge in [-0.1, -0.05) is 37.6 Å². The Bertz CT molecular complexity index is 984. The molecule has 1 saturated heterocycles. The van der Waals surface area contributed by atoms with E-state index in [9.17, 15) is 4.79 Å². The summed E-state index contributed by atoms with van der Waals surface area (Å²) in [6, 6.07) is 13.5. The maximum atomic E-state index is 12.6. The number of piperazine rings is 1. The van der Waals surface area contributed by atoms with E-state index in [1.165, 1.54) is 0 Å². The summed E-state index contributed by atoms with van der Waals surface area (Å²) in [7, 11) is 0. The lowest BCUT2D eigenvalue weighted by atomic mass is 9.71. The number of benzene rings is 2. The number of para-hydroxylation sites is 2. The number of amidine groups is 1. The molecular formula is C24H28ClN3O2. The van der Waals surface area contributed by atoms with Crippen molar-refractivity contribution in [3.05, 3.63) is 53.1 Å². The molecule has 0 radical (unpaired) electrons. The van der Waals surface area contributed by atoms with Crippen LogP contribution in [-0.2, 0) is 4.79 Å². The van der Waals surface area contributed by atoms with Crippen LogP contribution in [0, 0.1) is 5.41 Å². The highest BCUT2D eigenvalue weighted by molar-refractivity contribution is 6.31. The fourth-order valence-corrected chi connectivity index (χ4v) is 4.91. The first-order chi connectivity index (χ1) is 14.5. The Morgan fingerprint density at radius 2 is 2.00 bits per heavy atom. The Morgan fingerprint density at radius 3 is 2.73 bits per heavy atom. The molecule has 0 amide bonds. The fourth-order valence-electron chi connectivity index (χ4n) is 4.73. The Hall–Kier alpha value is -2.37. The van der Waals surface area contributed by atoms with E-state index in [-0.39, 0.29) is 17.2 Å². The van der Waals surface area contributed by atoms with Gasteiger partial charge in [0.15, 0.2) is 5.75 Å². The summed E-state index contributed by atoms with van der Waals surface area (Å²) in [4.78, 5) is 19.9. The summed E-state index contributed by atoms with van der Waals surface area (Å²) in [5.41, 5.74) is 1.29. The van der Waals surface area contributed by atoms with Crippen LogP contribution in [0.1, 0.15) is 39.2 Å². The van der Waals surface area contributed by atoms with E-state index < -0.39 is 0 Å². The second-order valence-corrected chi connectivity index (χ2v) is 8.45. The molecule has 1 fully saturated rings.